The van der Waals surface area contributed by atoms with Crippen LogP contribution >= 0.6 is 11.8 Å². The first-order chi connectivity index (χ1) is 10.8. The van der Waals surface area contributed by atoms with Crippen LogP contribution in [0.3, 0.4) is 0 Å². The number of ether oxygens (including phenoxy) is 1. The van der Waals surface area contributed by atoms with Crippen molar-refractivity contribution in [2.45, 2.75) is 23.4 Å². The van der Waals surface area contributed by atoms with E-state index in [1.807, 2.05) is 30.3 Å². The van der Waals surface area contributed by atoms with E-state index < -0.39 is 11.6 Å². The van der Waals surface area contributed by atoms with Crippen LogP contribution in [0.5, 0.6) is 5.75 Å². The summed E-state index contributed by atoms with van der Waals surface area (Å²) in [7, 11) is 0. The molecule has 0 aliphatic rings. The highest BCUT2D eigenvalue weighted by Crippen LogP contribution is 2.27. The van der Waals surface area contributed by atoms with Crippen LogP contribution in [0, 0.1) is 0 Å². The molecule has 0 spiro atoms. The highest BCUT2D eigenvalue weighted by atomic mass is 32.2. The van der Waals surface area contributed by atoms with Gasteiger partial charge in [-0.1, -0.05) is 24.3 Å². The first-order valence-corrected chi connectivity index (χ1v) is 7.60. The van der Waals surface area contributed by atoms with Gasteiger partial charge in [0.2, 0.25) is 5.91 Å². The lowest BCUT2D eigenvalue weighted by Gasteiger charge is -2.13. The maximum atomic E-state index is 12.2. The van der Waals surface area contributed by atoms with Crippen molar-refractivity contribution in [3.05, 3.63) is 54.6 Å². The molecular weight excluding hydrogens is 327 g/mol. The Balaban J connectivity index is 1.98. The zero-order valence-electron chi connectivity index (χ0n) is 12.1. The van der Waals surface area contributed by atoms with Crippen molar-refractivity contribution >= 4 is 23.4 Å². The third-order valence-corrected chi connectivity index (χ3v) is 3.87. The van der Waals surface area contributed by atoms with Crippen LogP contribution in [0.1, 0.15) is 6.92 Å². The number of carbonyl (C=O) groups is 1. The highest BCUT2D eigenvalue weighted by molar-refractivity contribution is 8.00. The van der Waals surface area contributed by atoms with Gasteiger partial charge >= 0.3 is 6.36 Å². The predicted octanol–water partition coefficient (Wildman–Crippen LogP) is 4.70. The standard InChI is InChI=1S/C16H14F3NO2S/c1-11(23-14-8-3-2-4-9-14)15(21)20-12-6-5-7-13(10-12)22-16(17,18)19/h2-11H,1H3,(H,20,21). The Hall–Kier alpha value is -2.15. The predicted molar refractivity (Wildman–Crippen MR) is 83.5 cm³/mol. The fourth-order valence-electron chi connectivity index (χ4n) is 1.77. The Kier molecular flexibility index (Phi) is 5.54. The summed E-state index contributed by atoms with van der Waals surface area (Å²) in [6, 6.07) is 14.6. The molecule has 2 rings (SSSR count). The van der Waals surface area contributed by atoms with Gasteiger partial charge < -0.3 is 10.1 Å². The molecule has 0 saturated carbocycles. The third kappa shape index (κ3) is 5.86. The Morgan fingerprint density at radius 1 is 1.13 bits per heavy atom. The van der Waals surface area contributed by atoms with E-state index in [2.05, 4.69) is 10.1 Å². The molecule has 3 nitrogen and oxygen atoms in total. The smallest absolute Gasteiger partial charge is 0.406 e. The van der Waals surface area contributed by atoms with Gasteiger partial charge in [-0.05, 0) is 31.2 Å². The SMILES string of the molecule is CC(Sc1ccccc1)C(=O)Nc1cccc(OC(F)(F)F)c1. The van der Waals surface area contributed by atoms with Gasteiger partial charge in [0.15, 0.2) is 0 Å². The molecule has 23 heavy (non-hydrogen) atoms. The summed E-state index contributed by atoms with van der Waals surface area (Å²) in [5, 5.41) is 2.18. The number of benzene rings is 2. The van der Waals surface area contributed by atoms with E-state index in [9.17, 15) is 18.0 Å². The van der Waals surface area contributed by atoms with Crippen LogP contribution in [0.2, 0.25) is 0 Å². The molecule has 0 aromatic heterocycles. The molecule has 1 atom stereocenters. The van der Waals surface area contributed by atoms with Gasteiger partial charge in [0, 0.05) is 16.6 Å². The second-order valence-corrected chi connectivity index (χ2v) is 6.05. The molecule has 0 fully saturated rings. The van der Waals surface area contributed by atoms with Crippen molar-refractivity contribution in [1.82, 2.24) is 0 Å². The minimum atomic E-state index is -4.76. The van der Waals surface area contributed by atoms with Crippen LogP contribution in [-0.2, 0) is 4.79 Å². The molecule has 0 radical (unpaired) electrons. The van der Waals surface area contributed by atoms with Gasteiger partial charge in [-0.25, -0.2) is 0 Å². The van der Waals surface area contributed by atoms with Crippen molar-refractivity contribution in [3.63, 3.8) is 0 Å². The number of halogens is 3. The molecule has 2 aromatic carbocycles. The van der Waals surface area contributed by atoms with Crippen LogP contribution < -0.4 is 10.1 Å². The second kappa shape index (κ2) is 7.41. The maximum absolute atomic E-state index is 12.2. The quantitative estimate of drug-likeness (QED) is 0.801. The van der Waals surface area contributed by atoms with Crippen molar-refractivity contribution in [2.75, 3.05) is 5.32 Å². The lowest BCUT2D eigenvalue weighted by Crippen LogP contribution is -2.22. The fraction of sp³-hybridized carbons (Fsp3) is 0.188. The Morgan fingerprint density at radius 3 is 2.48 bits per heavy atom. The number of amides is 1. The van der Waals surface area contributed by atoms with E-state index in [0.717, 1.165) is 11.0 Å². The topological polar surface area (TPSA) is 38.3 Å². The van der Waals surface area contributed by atoms with E-state index in [0.29, 0.717) is 0 Å². The largest absolute Gasteiger partial charge is 0.573 e. The van der Waals surface area contributed by atoms with Crippen LogP contribution in [0.4, 0.5) is 18.9 Å². The maximum Gasteiger partial charge on any atom is 0.573 e. The Morgan fingerprint density at radius 2 is 1.83 bits per heavy atom. The molecule has 7 heteroatoms. The lowest BCUT2D eigenvalue weighted by atomic mass is 10.3. The number of hydrogen-bond acceptors (Lipinski definition) is 3. The van der Waals surface area contributed by atoms with E-state index in [1.165, 1.54) is 30.0 Å². The Bertz CT molecular complexity index is 662. The summed E-state index contributed by atoms with van der Waals surface area (Å²) in [5.41, 5.74) is 0.247. The molecule has 1 unspecified atom stereocenters. The molecule has 0 saturated heterocycles. The van der Waals surface area contributed by atoms with Gasteiger partial charge in [0.1, 0.15) is 5.75 Å². The molecular formula is C16H14F3NO2S. The van der Waals surface area contributed by atoms with Crippen LogP contribution in [-0.4, -0.2) is 17.5 Å². The number of alkyl halides is 3. The van der Waals surface area contributed by atoms with Gasteiger partial charge in [-0.15, -0.1) is 24.9 Å². The zero-order valence-corrected chi connectivity index (χ0v) is 12.9. The lowest BCUT2D eigenvalue weighted by molar-refractivity contribution is -0.274. The number of hydrogen-bond donors (Lipinski definition) is 1. The van der Waals surface area contributed by atoms with Crippen LogP contribution in [0.25, 0.3) is 0 Å². The molecule has 0 aliphatic carbocycles. The minimum absolute atomic E-state index is 0.247. The molecule has 2 aromatic rings. The first kappa shape index (κ1) is 17.2. The van der Waals surface area contributed by atoms with Gasteiger partial charge in [-0.2, -0.15) is 0 Å². The Labute approximate surface area is 135 Å². The summed E-state index contributed by atoms with van der Waals surface area (Å²) in [4.78, 5) is 13.1. The monoisotopic (exact) mass is 341 g/mol. The number of anilines is 1. The summed E-state index contributed by atoms with van der Waals surface area (Å²) in [6.45, 7) is 1.73. The van der Waals surface area contributed by atoms with E-state index in [1.54, 1.807) is 6.92 Å². The summed E-state index contributed by atoms with van der Waals surface area (Å²) in [5.74, 6) is -0.679. The molecule has 0 heterocycles. The molecule has 0 aliphatic heterocycles. The van der Waals surface area contributed by atoms with Gasteiger partial charge in [0.05, 0.1) is 5.25 Å². The van der Waals surface area contributed by atoms with E-state index in [4.69, 9.17) is 0 Å². The summed E-state index contributed by atoms with van der Waals surface area (Å²) < 4.78 is 40.4. The number of nitrogens with one attached hydrogen (secondary N) is 1. The molecule has 1 N–H and O–H groups in total. The average molecular weight is 341 g/mol. The normalized spacial score (nSPS) is 12.5. The van der Waals surface area contributed by atoms with E-state index >= 15 is 0 Å². The van der Waals surface area contributed by atoms with Crippen molar-refractivity contribution in [1.29, 1.82) is 0 Å². The summed E-state index contributed by atoms with van der Waals surface area (Å²) in [6.07, 6.45) is -4.76. The molecule has 0 bridgehead atoms. The fourth-order valence-corrected chi connectivity index (χ4v) is 2.66. The third-order valence-electron chi connectivity index (χ3n) is 2.76. The van der Waals surface area contributed by atoms with Gasteiger partial charge in [-0.3, -0.25) is 4.79 Å². The number of thioether (sulfide) groups is 1. The zero-order chi connectivity index (χ0) is 16.9. The highest BCUT2D eigenvalue weighted by Gasteiger charge is 2.31. The first-order valence-electron chi connectivity index (χ1n) is 6.72. The molecule has 1 amide bonds. The van der Waals surface area contributed by atoms with Gasteiger partial charge in [0.25, 0.3) is 0 Å². The molecule has 122 valence electrons. The van der Waals surface area contributed by atoms with Crippen LogP contribution in [0.15, 0.2) is 59.5 Å². The van der Waals surface area contributed by atoms with Crippen molar-refractivity contribution in [3.8, 4) is 5.75 Å². The second-order valence-electron chi connectivity index (χ2n) is 4.64. The summed E-state index contributed by atoms with van der Waals surface area (Å²) >= 11 is 1.36. The van der Waals surface area contributed by atoms with E-state index in [-0.39, 0.29) is 17.3 Å². The average Bonchev–Trinajstić information content (AvgIpc) is 2.46. The number of carbonyl (C=O) groups excluding carboxylic acids is 1. The van der Waals surface area contributed by atoms with Crippen molar-refractivity contribution < 1.29 is 22.7 Å². The number of rotatable bonds is 5. The minimum Gasteiger partial charge on any atom is -0.406 e. The van der Waals surface area contributed by atoms with Crippen molar-refractivity contribution in [2.24, 2.45) is 0 Å².